The Bertz CT molecular complexity index is 192. The van der Waals surface area contributed by atoms with Crippen molar-refractivity contribution in [1.82, 2.24) is 0 Å². The molecular weight excluding hydrogens is 228 g/mol. The summed E-state index contributed by atoms with van der Waals surface area (Å²) in [6.45, 7) is 6.99. The molecule has 0 spiro atoms. The first-order valence-electron chi connectivity index (χ1n) is 7.68. The predicted molar refractivity (Wildman–Crippen MR) is 71.5 cm³/mol. The summed E-state index contributed by atoms with van der Waals surface area (Å²) in [5.74, 6) is 1.05. The summed E-state index contributed by atoms with van der Waals surface area (Å²) in [7, 11) is 0. The first-order valence-corrected chi connectivity index (χ1v) is 7.68. The van der Waals surface area contributed by atoms with Crippen molar-refractivity contribution in [3.05, 3.63) is 0 Å². The minimum Gasteiger partial charge on any atom is -0.378 e. The Labute approximate surface area is 111 Å². The quantitative estimate of drug-likeness (QED) is 0.755. The van der Waals surface area contributed by atoms with E-state index in [1.807, 2.05) is 0 Å². The molecular formula is C15H28O3. The molecule has 0 N–H and O–H groups in total. The highest BCUT2D eigenvalue weighted by Crippen LogP contribution is 2.29. The standard InChI is InChI=1S/C15H28O3/c1-3-5-12-9-17-15(18-10-12)13-7-8-14(6-4-2)16-11-13/h12-15H,3-11H2,1-2H3/t12?,13-,14-,15?/m0/s1. The van der Waals surface area contributed by atoms with Gasteiger partial charge in [-0.25, -0.2) is 0 Å². The van der Waals surface area contributed by atoms with Gasteiger partial charge < -0.3 is 14.2 Å². The zero-order chi connectivity index (χ0) is 12.8. The van der Waals surface area contributed by atoms with E-state index in [2.05, 4.69) is 13.8 Å². The Kier molecular flexibility index (Phi) is 5.93. The Morgan fingerprint density at radius 3 is 2.11 bits per heavy atom. The minimum atomic E-state index is -0.0133. The second-order valence-electron chi connectivity index (χ2n) is 5.77. The van der Waals surface area contributed by atoms with Crippen molar-refractivity contribution in [2.45, 2.75) is 64.8 Å². The Morgan fingerprint density at radius 1 is 0.833 bits per heavy atom. The normalized spacial score (nSPS) is 37.7. The molecule has 3 nitrogen and oxygen atoms in total. The molecule has 0 unspecified atom stereocenters. The largest absolute Gasteiger partial charge is 0.378 e. The van der Waals surface area contributed by atoms with Gasteiger partial charge in [-0.1, -0.05) is 26.7 Å². The molecule has 106 valence electrons. The van der Waals surface area contributed by atoms with E-state index < -0.39 is 0 Å². The summed E-state index contributed by atoms with van der Waals surface area (Å²) >= 11 is 0. The van der Waals surface area contributed by atoms with Crippen LogP contribution in [0, 0.1) is 11.8 Å². The van der Waals surface area contributed by atoms with E-state index in [0.29, 0.717) is 17.9 Å². The van der Waals surface area contributed by atoms with Gasteiger partial charge in [0.15, 0.2) is 6.29 Å². The third-order valence-electron chi connectivity index (χ3n) is 4.09. The van der Waals surface area contributed by atoms with Gasteiger partial charge in [-0.15, -0.1) is 0 Å². The molecule has 2 atom stereocenters. The third kappa shape index (κ3) is 3.94. The van der Waals surface area contributed by atoms with Crippen LogP contribution in [0.25, 0.3) is 0 Å². The SMILES string of the molecule is CCCC1COC([C@H]2CC[C@H](CCC)OC2)OC1. The lowest BCUT2D eigenvalue weighted by molar-refractivity contribution is -0.241. The summed E-state index contributed by atoms with van der Waals surface area (Å²) < 4.78 is 17.6. The third-order valence-corrected chi connectivity index (χ3v) is 4.09. The Balaban J connectivity index is 1.68. The van der Waals surface area contributed by atoms with Gasteiger partial charge in [0.05, 0.1) is 25.9 Å². The average Bonchev–Trinajstić information content (AvgIpc) is 2.41. The van der Waals surface area contributed by atoms with Crippen molar-refractivity contribution in [3.63, 3.8) is 0 Å². The van der Waals surface area contributed by atoms with Crippen molar-refractivity contribution in [1.29, 1.82) is 0 Å². The first-order chi connectivity index (χ1) is 8.83. The molecule has 0 aromatic rings. The van der Waals surface area contributed by atoms with Gasteiger partial charge in [-0.2, -0.15) is 0 Å². The van der Waals surface area contributed by atoms with Crippen LogP contribution in [0.2, 0.25) is 0 Å². The molecule has 2 rings (SSSR count). The zero-order valence-electron chi connectivity index (χ0n) is 11.9. The lowest BCUT2D eigenvalue weighted by atomic mass is 9.95. The molecule has 0 radical (unpaired) electrons. The zero-order valence-corrected chi connectivity index (χ0v) is 11.9. The highest BCUT2D eigenvalue weighted by atomic mass is 16.7. The fourth-order valence-electron chi connectivity index (χ4n) is 3.00. The van der Waals surface area contributed by atoms with Gasteiger partial charge in [0, 0.05) is 11.8 Å². The molecule has 2 fully saturated rings. The molecule has 2 heterocycles. The molecule has 3 heteroatoms. The number of rotatable bonds is 5. The van der Waals surface area contributed by atoms with Gasteiger partial charge in [-0.3, -0.25) is 0 Å². The monoisotopic (exact) mass is 256 g/mol. The predicted octanol–water partition coefficient (Wildman–Crippen LogP) is 3.37. The van der Waals surface area contributed by atoms with E-state index in [4.69, 9.17) is 14.2 Å². The molecule has 0 aromatic heterocycles. The van der Waals surface area contributed by atoms with Crippen LogP contribution < -0.4 is 0 Å². The van der Waals surface area contributed by atoms with Crippen LogP contribution in [-0.2, 0) is 14.2 Å². The van der Waals surface area contributed by atoms with Crippen LogP contribution in [0.15, 0.2) is 0 Å². The van der Waals surface area contributed by atoms with Gasteiger partial charge in [0.2, 0.25) is 0 Å². The second-order valence-corrected chi connectivity index (χ2v) is 5.77. The molecule has 0 amide bonds. The van der Waals surface area contributed by atoms with Gasteiger partial charge in [0.1, 0.15) is 0 Å². The molecule has 18 heavy (non-hydrogen) atoms. The summed E-state index contributed by atoms with van der Waals surface area (Å²) in [4.78, 5) is 0. The maximum Gasteiger partial charge on any atom is 0.162 e. The topological polar surface area (TPSA) is 27.7 Å². The van der Waals surface area contributed by atoms with E-state index in [9.17, 15) is 0 Å². The van der Waals surface area contributed by atoms with Crippen LogP contribution >= 0.6 is 0 Å². The van der Waals surface area contributed by atoms with Crippen LogP contribution in [0.3, 0.4) is 0 Å². The fourth-order valence-corrected chi connectivity index (χ4v) is 3.00. The average molecular weight is 256 g/mol. The molecule has 2 saturated heterocycles. The van der Waals surface area contributed by atoms with E-state index in [1.165, 1.54) is 38.5 Å². The Morgan fingerprint density at radius 2 is 1.56 bits per heavy atom. The van der Waals surface area contributed by atoms with Crippen LogP contribution in [0.1, 0.15) is 52.4 Å². The highest BCUT2D eigenvalue weighted by molar-refractivity contribution is 4.75. The summed E-state index contributed by atoms with van der Waals surface area (Å²) in [5.41, 5.74) is 0. The molecule has 2 aliphatic rings. The van der Waals surface area contributed by atoms with E-state index in [1.54, 1.807) is 0 Å². The smallest absolute Gasteiger partial charge is 0.162 e. The number of hydrogen-bond acceptors (Lipinski definition) is 3. The van der Waals surface area contributed by atoms with Crippen molar-refractivity contribution in [2.24, 2.45) is 11.8 Å². The van der Waals surface area contributed by atoms with E-state index >= 15 is 0 Å². The van der Waals surface area contributed by atoms with Crippen molar-refractivity contribution >= 4 is 0 Å². The second kappa shape index (κ2) is 7.46. The molecule has 0 aliphatic carbocycles. The van der Waals surface area contributed by atoms with E-state index in [-0.39, 0.29) is 6.29 Å². The first kappa shape index (κ1) is 14.3. The molecule has 0 bridgehead atoms. The summed E-state index contributed by atoms with van der Waals surface area (Å²) in [6.07, 6.45) is 7.65. The van der Waals surface area contributed by atoms with Crippen molar-refractivity contribution in [3.8, 4) is 0 Å². The molecule has 0 saturated carbocycles. The molecule has 0 aromatic carbocycles. The minimum absolute atomic E-state index is 0.0133. The maximum absolute atomic E-state index is 5.90. The van der Waals surface area contributed by atoms with Crippen LogP contribution in [0.4, 0.5) is 0 Å². The number of ether oxygens (including phenoxy) is 3. The lowest BCUT2D eigenvalue weighted by Gasteiger charge is -2.37. The van der Waals surface area contributed by atoms with Crippen LogP contribution in [-0.4, -0.2) is 32.2 Å². The van der Waals surface area contributed by atoms with Gasteiger partial charge in [-0.05, 0) is 25.7 Å². The fraction of sp³-hybridized carbons (Fsp3) is 1.00. The maximum atomic E-state index is 5.90. The highest BCUT2D eigenvalue weighted by Gasteiger charge is 2.32. The lowest BCUT2D eigenvalue weighted by Crippen LogP contribution is -2.41. The summed E-state index contributed by atoms with van der Waals surface area (Å²) in [6, 6.07) is 0. The van der Waals surface area contributed by atoms with Gasteiger partial charge in [0.25, 0.3) is 0 Å². The van der Waals surface area contributed by atoms with Crippen LogP contribution in [0.5, 0.6) is 0 Å². The number of hydrogen-bond donors (Lipinski definition) is 0. The van der Waals surface area contributed by atoms with E-state index in [0.717, 1.165) is 19.8 Å². The Hall–Kier alpha value is -0.120. The van der Waals surface area contributed by atoms with Gasteiger partial charge >= 0.3 is 0 Å². The summed E-state index contributed by atoms with van der Waals surface area (Å²) in [5, 5.41) is 0. The van der Waals surface area contributed by atoms with Crippen molar-refractivity contribution in [2.75, 3.05) is 19.8 Å². The molecule has 2 aliphatic heterocycles. The van der Waals surface area contributed by atoms with Crippen molar-refractivity contribution < 1.29 is 14.2 Å².